The Bertz CT molecular complexity index is 1450. The van der Waals surface area contributed by atoms with Gasteiger partial charge in [-0.25, -0.2) is 4.98 Å². The third kappa shape index (κ3) is 8.05. The molecule has 0 spiro atoms. The predicted molar refractivity (Wildman–Crippen MR) is 151 cm³/mol. The summed E-state index contributed by atoms with van der Waals surface area (Å²) in [4.78, 5) is 36.3. The third-order valence-electron chi connectivity index (χ3n) is 7.49. The molecule has 5 rings (SSSR count). The van der Waals surface area contributed by atoms with Crippen molar-refractivity contribution in [2.24, 2.45) is 5.92 Å². The fraction of sp³-hybridized carbons (Fsp3) is 0.467. The number of benzene rings is 1. The molecule has 1 unspecified atom stereocenters. The lowest BCUT2D eigenvalue weighted by atomic mass is 9.92. The topological polar surface area (TPSA) is 119 Å². The average molecular weight is 618 g/mol. The minimum Gasteiger partial charge on any atom is -0.497 e. The minimum atomic E-state index is -4.50. The van der Waals surface area contributed by atoms with Crippen molar-refractivity contribution in [3.63, 3.8) is 0 Å². The van der Waals surface area contributed by atoms with E-state index in [2.05, 4.69) is 15.0 Å². The highest BCUT2D eigenvalue weighted by molar-refractivity contribution is 5.75. The van der Waals surface area contributed by atoms with Gasteiger partial charge in [0.05, 0.1) is 51.1 Å². The molecule has 1 saturated heterocycles. The molecule has 1 aliphatic carbocycles. The fourth-order valence-corrected chi connectivity index (χ4v) is 5.27. The standard InChI is InChI=1S/C30H34F3N5O6/c1-18-28(19(2)36-29(35-18)42-17-30(31,32)33)23-7-6-22(41-3)15-25(23)43-37-10-12-38(13-11-37)44-26-14-21(8-9-34-26)24(16-27(39)40)20-4-5-20/h6-9,14-15,20,24H,4-5,10-13,16-17H2,1-3H3,(H,39,40). The molecule has 1 aliphatic heterocycles. The van der Waals surface area contributed by atoms with E-state index < -0.39 is 18.8 Å². The Morgan fingerprint density at radius 2 is 1.68 bits per heavy atom. The van der Waals surface area contributed by atoms with Gasteiger partial charge in [-0.05, 0) is 62.3 Å². The number of pyridine rings is 1. The van der Waals surface area contributed by atoms with E-state index in [9.17, 15) is 23.1 Å². The highest BCUT2D eigenvalue weighted by atomic mass is 19.4. The Kier molecular flexibility index (Phi) is 9.39. The van der Waals surface area contributed by atoms with E-state index in [4.69, 9.17) is 19.1 Å². The van der Waals surface area contributed by atoms with Gasteiger partial charge in [0, 0.05) is 29.5 Å². The minimum absolute atomic E-state index is 0.0542. The number of halogens is 3. The summed E-state index contributed by atoms with van der Waals surface area (Å²) in [5, 5.41) is 12.9. The number of ether oxygens (including phenoxy) is 2. The fourth-order valence-electron chi connectivity index (χ4n) is 5.27. The van der Waals surface area contributed by atoms with Gasteiger partial charge in [0.1, 0.15) is 5.75 Å². The molecular weight excluding hydrogens is 583 g/mol. The monoisotopic (exact) mass is 617 g/mol. The maximum absolute atomic E-state index is 12.6. The lowest BCUT2D eigenvalue weighted by molar-refractivity contribution is -0.155. The highest BCUT2D eigenvalue weighted by Gasteiger charge is 2.34. The van der Waals surface area contributed by atoms with Gasteiger partial charge >= 0.3 is 18.2 Å². The van der Waals surface area contributed by atoms with Gasteiger partial charge < -0.3 is 24.3 Å². The van der Waals surface area contributed by atoms with Gasteiger partial charge in [0.2, 0.25) is 5.88 Å². The number of piperazine rings is 1. The Hall–Kier alpha value is -4.17. The zero-order valence-electron chi connectivity index (χ0n) is 24.6. The summed E-state index contributed by atoms with van der Waals surface area (Å²) in [5.41, 5.74) is 3.05. The molecule has 44 heavy (non-hydrogen) atoms. The number of hydrogen-bond donors (Lipinski definition) is 1. The largest absolute Gasteiger partial charge is 0.497 e. The normalized spacial score (nSPS) is 16.8. The van der Waals surface area contributed by atoms with Crippen LogP contribution in [0.5, 0.6) is 23.4 Å². The van der Waals surface area contributed by atoms with Crippen LogP contribution in [0, 0.1) is 19.8 Å². The lowest BCUT2D eigenvalue weighted by Crippen LogP contribution is -2.48. The maximum atomic E-state index is 12.6. The first-order chi connectivity index (χ1) is 21.0. The van der Waals surface area contributed by atoms with E-state index in [-0.39, 0.29) is 18.3 Å². The number of aliphatic carboxylic acids is 1. The number of carboxylic acids is 1. The van der Waals surface area contributed by atoms with Crippen molar-refractivity contribution >= 4 is 5.97 Å². The molecule has 0 bridgehead atoms. The molecule has 1 saturated carbocycles. The van der Waals surface area contributed by atoms with Crippen molar-refractivity contribution in [1.29, 1.82) is 0 Å². The summed E-state index contributed by atoms with van der Waals surface area (Å²) in [5.74, 6) is 0.949. The van der Waals surface area contributed by atoms with E-state index in [1.165, 1.54) is 0 Å². The number of hydroxylamine groups is 4. The third-order valence-corrected chi connectivity index (χ3v) is 7.49. The zero-order chi connectivity index (χ0) is 31.4. The lowest BCUT2D eigenvalue weighted by Gasteiger charge is -2.33. The van der Waals surface area contributed by atoms with Crippen LogP contribution in [0.2, 0.25) is 0 Å². The number of nitrogens with zero attached hydrogens (tertiary/aromatic N) is 5. The second kappa shape index (κ2) is 13.2. The van der Waals surface area contributed by atoms with E-state index in [0.717, 1.165) is 18.4 Å². The van der Waals surface area contributed by atoms with Crippen molar-refractivity contribution in [1.82, 2.24) is 25.1 Å². The van der Waals surface area contributed by atoms with Crippen LogP contribution in [0.15, 0.2) is 36.5 Å². The van der Waals surface area contributed by atoms with E-state index in [1.807, 2.05) is 12.1 Å². The van der Waals surface area contributed by atoms with E-state index in [1.54, 1.807) is 55.5 Å². The van der Waals surface area contributed by atoms with Crippen molar-refractivity contribution in [3.05, 3.63) is 53.5 Å². The van der Waals surface area contributed by atoms with Crippen LogP contribution in [0.1, 0.15) is 42.1 Å². The van der Waals surface area contributed by atoms with Gasteiger partial charge in [-0.15, -0.1) is 10.1 Å². The Morgan fingerprint density at radius 3 is 2.27 bits per heavy atom. The second-order valence-electron chi connectivity index (χ2n) is 10.8. The molecule has 2 aliphatic rings. The van der Waals surface area contributed by atoms with Crippen molar-refractivity contribution in [2.45, 2.75) is 45.2 Å². The van der Waals surface area contributed by atoms with Crippen LogP contribution in [-0.4, -0.2) is 82.2 Å². The SMILES string of the molecule is COc1ccc(-c2c(C)nc(OCC(F)(F)F)nc2C)c(ON2CCN(Oc3cc(C(CC(=O)O)C4CC4)ccn3)CC2)c1. The molecule has 2 fully saturated rings. The summed E-state index contributed by atoms with van der Waals surface area (Å²) in [6.07, 6.45) is -0.716. The van der Waals surface area contributed by atoms with Crippen molar-refractivity contribution in [3.8, 4) is 34.5 Å². The average Bonchev–Trinajstić information content (AvgIpc) is 3.81. The number of rotatable bonds is 12. The van der Waals surface area contributed by atoms with Gasteiger partial charge in [-0.3, -0.25) is 4.79 Å². The number of methoxy groups -OCH3 is 1. The number of aryl methyl sites for hydroxylation is 2. The molecule has 1 atom stereocenters. The smallest absolute Gasteiger partial charge is 0.422 e. The van der Waals surface area contributed by atoms with E-state index >= 15 is 0 Å². The molecule has 0 amide bonds. The molecule has 1 aromatic carbocycles. The first-order valence-corrected chi connectivity index (χ1v) is 14.3. The maximum Gasteiger partial charge on any atom is 0.422 e. The summed E-state index contributed by atoms with van der Waals surface area (Å²) in [6.45, 7) is 3.83. The number of carbonyl (C=O) groups is 1. The quantitative estimate of drug-likeness (QED) is 0.296. The van der Waals surface area contributed by atoms with Gasteiger partial charge in [0.25, 0.3) is 0 Å². The van der Waals surface area contributed by atoms with Crippen LogP contribution in [0.3, 0.4) is 0 Å². The number of carboxylic acid groups (broad SMARTS) is 1. The van der Waals surface area contributed by atoms with Crippen LogP contribution in [0.25, 0.3) is 11.1 Å². The first-order valence-electron chi connectivity index (χ1n) is 14.3. The number of aromatic nitrogens is 3. The molecule has 11 nitrogen and oxygen atoms in total. The Morgan fingerprint density at radius 1 is 1.02 bits per heavy atom. The zero-order valence-corrected chi connectivity index (χ0v) is 24.6. The van der Waals surface area contributed by atoms with Gasteiger partial charge in [-0.2, -0.15) is 23.1 Å². The molecule has 14 heteroatoms. The van der Waals surface area contributed by atoms with Gasteiger partial charge in [-0.1, -0.05) is 0 Å². The summed E-state index contributed by atoms with van der Waals surface area (Å²) in [7, 11) is 1.54. The van der Waals surface area contributed by atoms with Crippen molar-refractivity contribution < 1.29 is 42.2 Å². The molecule has 0 radical (unpaired) electrons. The summed E-state index contributed by atoms with van der Waals surface area (Å²) in [6, 6.07) is 8.61. The number of alkyl halides is 3. The van der Waals surface area contributed by atoms with Crippen LogP contribution in [0.4, 0.5) is 13.2 Å². The highest BCUT2D eigenvalue weighted by Crippen LogP contribution is 2.45. The van der Waals surface area contributed by atoms with E-state index in [0.29, 0.717) is 72.0 Å². The number of hydrogen-bond acceptors (Lipinski definition) is 10. The van der Waals surface area contributed by atoms with Crippen molar-refractivity contribution in [2.75, 3.05) is 39.9 Å². The molecule has 3 aromatic rings. The molecule has 236 valence electrons. The van der Waals surface area contributed by atoms with Crippen LogP contribution >= 0.6 is 0 Å². The molecule has 3 heterocycles. The Labute approximate surface area is 252 Å². The first kappa shape index (κ1) is 31.3. The molecule has 1 N–H and O–H groups in total. The Balaban J connectivity index is 1.25. The van der Waals surface area contributed by atoms with Crippen LogP contribution in [-0.2, 0) is 4.79 Å². The molecule has 2 aromatic heterocycles. The second-order valence-corrected chi connectivity index (χ2v) is 10.8. The summed E-state index contributed by atoms with van der Waals surface area (Å²) < 4.78 is 48.1. The molecular formula is C30H34F3N5O6. The summed E-state index contributed by atoms with van der Waals surface area (Å²) >= 11 is 0. The van der Waals surface area contributed by atoms with Crippen LogP contribution < -0.4 is 19.1 Å². The predicted octanol–water partition coefficient (Wildman–Crippen LogP) is 4.98. The van der Waals surface area contributed by atoms with Gasteiger partial charge in [0.15, 0.2) is 12.4 Å².